The van der Waals surface area contributed by atoms with Gasteiger partial charge in [-0.05, 0) is 88.3 Å². The van der Waals surface area contributed by atoms with E-state index in [1.165, 1.54) is 7.11 Å². The van der Waals surface area contributed by atoms with Gasteiger partial charge in [0.2, 0.25) is 6.79 Å². The van der Waals surface area contributed by atoms with Gasteiger partial charge in [-0.1, -0.05) is 0 Å². The number of esters is 2. The molecule has 1 saturated heterocycles. The van der Waals surface area contributed by atoms with Gasteiger partial charge in [-0.3, -0.25) is 9.69 Å². The second-order valence-corrected chi connectivity index (χ2v) is 11.7. The van der Waals surface area contributed by atoms with Gasteiger partial charge in [0.15, 0.2) is 23.2 Å². The van der Waals surface area contributed by atoms with Crippen molar-refractivity contribution >= 4 is 11.9 Å². The molecule has 0 unspecified atom stereocenters. The van der Waals surface area contributed by atoms with Gasteiger partial charge >= 0.3 is 11.9 Å². The minimum atomic E-state index is -2.12. The van der Waals surface area contributed by atoms with Gasteiger partial charge in [0, 0.05) is 6.54 Å². The molecule has 1 aliphatic carbocycles. The van der Waals surface area contributed by atoms with Crippen LogP contribution in [0, 0.1) is 0 Å². The van der Waals surface area contributed by atoms with Gasteiger partial charge in [-0.25, -0.2) is 4.79 Å². The molecule has 4 atom stereocenters. The van der Waals surface area contributed by atoms with E-state index in [1.54, 1.807) is 21.0 Å². The van der Waals surface area contributed by atoms with Crippen molar-refractivity contribution < 1.29 is 43.5 Å². The molecule has 1 aromatic rings. The van der Waals surface area contributed by atoms with E-state index in [0.717, 1.165) is 43.5 Å². The number of hydrogen-bond donors (Lipinski definition) is 2. The predicted octanol–water partition coefficient (Wildman–Crippen LogP) is 2.58. The number of nitrogens with zero attached hydrogens (tertiary/aromatic N) is 1. The molecule has 0 saturated carbocycles. The lowest BCUT2D eigenvalue weighted by Gasteiger charge is -2.39. The zero-order chi connectivity index (χ0) is 28.0. The maximum atomic E-state index is 13.8. The highest BCUT2D eigenvalue weighted by molar-refractivity contribution is 5.86. The summed E-state index contributed by atoms with van der Waals surface area (Å²) >= 11 is 0. The Bertz CT molecular complexity index is 1160. The van der Waals surface area contributed by atoms with Crippen LogP contribution < -0.4 is 9.47 Å². The van der Waals surface area contributed by atoms with Crippen LogP contribution in [0.5, 0.6) is 11.5 Å². The molecule has 1 aromatic carbocycles. The first-order valence-electron chi connectivity index (χ1n) is 13.7. The number of rotatable bonds is 9. The average Bonchev–Trinajstić information content (AvgIpc) is 3.56. The first-order valence-corrected chi connectivity index (χ1v) is 13.7. The Morgan fingerprint density at radius 3 is 2.56 bits per heavy atom. The first-order chi connectivity index (χ1) is 18.5. The highest BCUT2D eigenvalue weighted by Gasteiger charge is 2.59. The van der Waals surface area contributed by atoms with Crippen LogP contribution in [0.15, 0.2) is 24.0 Å². The number of aliphatic hydroxyl groups is 2. The molecule has 3 heterocycles. The van der Waals surface area contributed by atoms with E-state index in [9.17, 15) is 19.8 Å². The molecule has 3 aliphatic heterocycles. The Kier molecular flexibility index (Phi) is 7.32. The molecule has 1 fully saturated rings. The van der Waals surface area contributed by atoms with Gasteiger partial charge in [0.1, 0.15) is 5.76 Å². The monoisotopic (exact) mass is 545 g/mol. The molecule has 0 radical (unpaired) electrons. The largest absolute Gasteiger partial charge is 0.497 e. The van der Waals surface area contributed by atoms with Crippen molar-refractivity contribution in [3.8, 4) is 11.5 Å². The van der Waals surface area contributed by atoms with Crippen molar-refractivity contribution in [2.75, 3.05) is 34.1 Å². The molecule has 10 nitrogen and oxygen atoms in total. The van der Waals surface area contributed by atoms with Crippen LogP contribution >= 0.6 is 0 Å². The molecule has 2 N–H and O–H groups in total. The third kappa shape index (κ3) is 5.10. The van der Waals surface area contributed by atoms with E-state index in [1.807, 2.05) is 12.1 Å². The SMILES string of the molecule is COC(=O)C[C@@](O)(CCCC(C)(C)O)C(=O)O[C@@H]1C(OC)=C[C@]23CCCN2CCc2cc4c(cc2[C@H]13)OCO4. The number of methoxy groups -OCH3 is 2. The van der Waals surface area contributed by atoms with E-state index in [2.05, 4.69) is 11.0 Å². The van der Waals surface area contributed by atoms with Crippen LogP contribution in [0.2, 0.25) is 0 Å². The van der Waals surface area contributed by atoms with Crippen LogP contribution in [0.4, 0.5) is 0 Å². The van der Waals surface area contributed by atoms with Crippen molar-refractivity contribution in [1.29, 1.82) is 0 Å². The average molecular weight is 546 g/mol. The fraction of sp³-hybridized carbons (Fsp3) is 0.655. The minimum absolute atomic E-state index is 0.0686. The molecule has 0 bridgehead atoms. The fourth-order valence-electron chi connectivity index (χ4n) is 6.71. The third-order valence-corrected chi connectivity index (χ3v) is 8.62. The number of hydrogen-bond acceptors (Lipinski definition) is 10. The summed E-state index contributed by atoms with van der Waals surface area (Å²) in [7, 11) is 2.76. The molecule has 214 valence electrons. The maximum absolute atomic E-state index is 13.8. The lowest BCUT2D eigenvalue weighted by molar-refractivity contribution is -0.178. The topological polar surface area (TPSA) is 124 Å². The van der Waals surface area contributed by atoms with E-state index >= 15 is 0 Å². The number of carbonyl (C=O) groups is 2. The van der Waals surface area contributed by atoms with E-state index in [4.69, 9.17) is 23.7 Å². The highest BCUT2D eigenvalue weighted by Crippen LogP contribution is 2.55. The van der Waals surface area contributed by atoms with Gasteiger partial charge < -0.3 is 33.9 Å². The third-order valence-electron chi connectivity index (χ3n) is 8.62. The smallest absolute Gasteiger partial charge is 0.339 e. The Hall–Kier alpha value is -2.82. The number of benzene rings is 1. The van der Waals surface area contributed by atoms with Gasteiger partial charge in [0.25, 0.3) is 0 Å². The molecule has 1 spiro atoms. The first kappa shape index (κ1) is 27.7. The summed E-state index contributed by atoms with van der Waals surface area (Å²) < 4.78 is 28.1. The van der Waals surface area contributed by atoms with Crippen LogP contribution in [0.25, 0.3) is 0 Å². The highest BCUT2D eigenvalue weighted by atomic mass is 16.7. The summed E-state index contributed by atoms with van der Waals surface area (Å²) in [6.07, 6.45) is 3.94. The fourth-order valence-corrected chi connectivity index (χ4v) is 6.71. The normalized spacial score (nSPS) is 27.0. The standard InChI is InChI=1S/C29H39NO9/c1-27(2,33)8-5-10-29(34,16-23(31)36-4)26(32)39-25-22(35-3)15-28-9-6-11-30(28)12-7-18-13-20-21(38-17-37-20)14-19(18)24(25)28/h13-15,24-25,33-34H,5-12,16-17H2,1-4H3/t24-,25-,28+,29+/m1/s1. The number of fused-ring (bicyclic) bond motifs is 3. The molecular weight excluding hydrogens is 506 g/mol. The molecular formula is C29H39NO9. The van der Waals surface area contributed by atoms with E-state index in [0.29, 0.717) is 30.1 Å². The Morgan fingerprint density at radius 1 is 1.13 bits per heavy atom. The zero-order valence-electron chi connectivity index (χ0n) is 23.2. The van der Waals surface area contributed by atoms with Gasteiger partial charge in [-0.15, -0.1) is 0 Å². The Morgan fingerprint density at radius 2 is 1.87 bits per heavy atom. The van der Waals surface area contributed by atoms with Crippen molar-refractivity contribution in [2.45, 2.75) is 87.6 Å². The summed E-state index contributed by atoms with van der Waals surface area (Å²) in [5.74, 6) is -0.0645. The zero-order valence-corrected chi connectivity index (χ0v) is 23.2. The molecule has 0 aromatic heterocycles. The van der Waals surface area contributed by atoms with Crippen molar-refractivity contribution in [1.82, 2.24) is 4.90 Å². The van der Waals surface area contributed by atoms with Gasteiger partial charge in [0.05, 0.1) is 37.7 Å². The van der Waals surface area contributed by atoms with Crippen LogP contribution in [0.1, 0.15) is 69.4 Å². The van der Waals surface area contributed by atoms with Crippen molar-refractivity contribution in [3.05, 3.63) is 35.1 Å². The molecule has 5 rings (SSSR count). The molecule has 10 heteroatoms. The second-order valence-electron chi connectivity index (χ2n) is 11.7. The molecule has 39 heavy (non-hydrogen) atoms. The Labute approximate surface area is 228 Å². The van der Waals surface area contributed by atoms with E-state index < -0.39 is 41.2 Å². The number of carbonyl (C=O) groups excluding carboxylic acids is 2. The maximum Gasteiger partial charge on any atom is 0.339 e. The Balaban J connectivity index is 1.50. The lowest BCUT2D eigenvalue weighted by atomic mass is 9.77. The summed E-state index contributed by atoms with van der Waals surface area (Å²) in [6, 6.07) is 4.00. The number of ether oxygens (including phenoxy) is 5. The summed E-state index contributed by atoms with van der Waals surface area (Å²) in [5.41, 5.74) is -1.42. The lowest BCUT2D eigenvalue weighted by Crippen LogP contribution is -2.49. The summed E-state index contributed by atoms with van der Waals surface area (Å²) in [4.78, 5) is 28.4. The van der Waals surface area contributed by atoms with Crippen LogP contribution in [-0.2, 0) is 30.2 Å². The summed E-state index contributed by atoms with van der Waals surface area (Å²) in [5, 5.41) is 21.6. The van der Waals surface area contributed by atoms with Crippen LogP contribution in [0.3, 0.4) is 0 Å². The summed E-state index contributed by atoms with van der Waals surface area (Å²) in [6.45, 7) is 5.21. The second kappa shape index (κ2) is 10.3. The molecule has 4 aliphatic rings. The molecule has 0 amide bonds. The van der Waals surface area contributed by atoms with Crippen molar-refractivity contribution in [3.63, 3.8) is 0 Å². The minimum Gasteiger partial charge on any atom is -0.497 e. The quantitative estimate of drug-likeness (QED) is 0.448. The van der Waals surface area contributed by atoms with Gasteiger partial charge in [-0.2, -0.15) is 0 Å². The predicted molar refractivity (Wildman–Crippen MR) is 139 cm³/mol. The van der Waals surface area contributed by atoms with Crippen molar-refractivity contribution in [2.24, 2.45) is 0 Å². The van der Waals surface area contributed by atoms with E-state index in [-0.39, 0.29) is 19.1 Å². The van der Waals surface area contributed by atoms with Crippen LogP contribution in [-0.4, -0.2) is 84.0 Å².